The lowest BCUT2D eigenvalue weighted by atomic mass is 9.88. The minimum Gasteiger partial charge on any atom is -0.449 e. The van der Waals surface area contributed by atoms with Crippen molar-refractivity contribution < 1.29 is 18.8 Å². The number of nitrogens with one attached hydrogen (secondary N) is 2. The highest BCUT2D eigenvalue weighted by Gasteiger charge is 2.27. The number of carbonyl (C=O) groups is 2. The van der Waals surface area contributed by atoms with Crippen molar-refractivity contribution in [2.75, 3.05) is 11.9 Å². The fraction of sp³-hybridized carbons (Fsp3) is 0.400. The summed E-state index contributed by atoms with van der Waals surface area (Å²) in [6.45, 7) is 4.29. The molecular formula is C25H27N5O4S. The average molecular weight is 494 g/mol. The minimum atomic E-state index is -0.510. The van der Waals surface area contributed by atoms with Gasteiger partial charge in [0, 0.05) is 29.8 Å². The van der Waals surface area contributed by atoms with Gasteiger partial charge >= 0.3 is 6.09 Å². The van der Waals surface area contributed by atoms with Gasteiger partial charge in [-0.15, -0.1) is 11.3 Å². The second-order valence-electron chi connectivity index (χ2n) is 8.75. The Morgan fingerprint density at radius 2 is 2.29 bits per heavy atom. The summed E-state index contributed by atoms with van der Waals surface area (Å²) < 4.78 is 10.5. The van der Waals surface area contributed by atoms with E-state index in [1.807, 2.05) is 26.0 Å². The normalized spacial score (nSPS) is 15.5. The lowest BCUT2D eigenvalue weighted by molar-refractivity contribution is -0.116. The number of alkyl carbamates (subject to hydrolysis) is 1. The molecule has 0 fully saturated rings. The third-order valence-electron chi connectivity index (χ3n) is 6.01. The number of anilines is 1. The predicted molar refractivity (Wildman–Crippen MR) is 130 cm³/mol. The summed E-state index contributed by atoms with van der Waals surface area (Å²) in [5, 5.41) is 19.7. The third kappa shape index (κ3) is 6.25. The number of pyridine rings is 1. The Balaban J connectivity index is 1.30. The number of hydrogen-bond donors (Lipinski definition) is 2. The SMILES string of the molecule is Cc1cc(CNC(=O)OCC2CCc3c(sc(NC(=O)CC(C)c4cccnc4)c3C#N)C2)on1. The molecule has 0 aliphatic heterocycles. The van der Waals surface area contributed by atoms with Gasteiger partial charge in [0.1, 0.15) is 11.1 Å². The standard InChI is InChI=1S/C25H27N5O4S/c1-15(18-4-3-7-27-12-18)8-23(31)29-24-21(11-26)20-6-5-17(10-22(20)35-24)14-33-25(32)28-13-19-9-16(2)30-34-19/h3-4,7,9,12,15,17H,5-6,8,10,13-14H2,1-2H3,(H,28,32)(H,29,31). The monoisotopic (exact) mass is 493 g/mol. The lowest BCUT2D eigenvalue weighted by Crippen LogP contribution is -2.27. The summed E-state index contributed by atoms with van der Waals surface area (Å²) in [6, 6.07) is 7.83. The van der Waals surface area contributed by atoms with Gasteiger partial charge < -0.3 is 19.9 Å². The van der Waals surface area contributed by atoms with E-state index in [2.05, 4.69) is 26.8 Å². The van der Waals surface area contributed by atoms with Crippen molar-refractivity contribution in [1.82, 2.24) is 15.5 Å². The van der Waals surface area contributed by atoms with Gasteiger partial charge in [-0.2, -0.15) is 5.26 Å². The van der Waals surface area contributed by atoms with Crippen molar-refractivity contribution in [2.45, 2.75) is 52.0 Å². The Hall–Kier alpha value is -3.71. The number of hydrogen-bond acceptors (Lipinski definition) is 8. The molecule has 2 N–H and O–H groups in total. The van der Waals surface area contributed by atoms with E-state index in [0.717, 1.165) is 28.1 Å². The lowest BCUT2D eigenvalue weighted by Gasteiger charge is -2.21. The van der Waals surface area contributed by atoms with E-state index in [9.17, 15) is 14.9 Å². The van der Waals surface area contributed by atoms with Crippen LogP contribution in [0.25, 0.3) is 0 Å². The van der Waals surface area contributed by atoms with Crippen LogP contribution in [0, 0.1) is 24.2 Å². The molecule has 2 atom stereocenters. The van der Waals surface area contributed by atoms with Crippen LogP contribution < -0.4 is 10.6 Å². The summed E-state index contributed by atoms with van der Waals surface area (Å²) in [4.78, 5) is 29.9. The molecular weight excluding hydrogens is 466 g/mol. The van der Waals surface area contributed by atoms with E-state index in [-0.39, 0.29) is 30.9 Å². The molecule has 3 aromatic heterocycles. The molecule has 0 radical (unpaired) electrons. The first kappa shape index (κ1) is 24.4. The number of rotatable bonds is 8. The van der Waals surface area contributed by atoms with Crippen LogP contribution in [0.5, 0.6) is 0 Å². The molecule has 0 spiro atoms. The zero-order valence-corrected chi connectivity index (χ0v) is 20.5. The highest BCUT2D eigenvalue weighted by atomic mass is 32.1. The fourth-order valence-corrected chi connectivity index (χ4v) is 5.48. The smallest absolute Gasteiger partial charge is 0.407 e. The van der Waals surface area contributed by atoms with Gasteiger partial charge in [-0.05, 0) is 55.2 Å². The number of carbonyl (C=O) groups excluding carboxylic acids is 2. The van der Waals surface area contributed by atoms with Crippen molar-refractivity contribution in [2.24, 2.45) is 5.92 Å². The molecule has 4 rings (SSSR count). The van der Waals surface area contributed by atoms with Gasteiger partial charge in [0.05, 0.1) is 24.4 Å². The molecule has 0 saturated heterocycles. The van der Waals surface area contributed by atoms with Crippen molar-refractivity contribution >= 4 is 28.3 Å². The molecule has 0 aromatic carbocycles. The summed E-state index contributed by atoms with van der Waals surface area (Å²) >= 11 is 1.44. The van der Waals surface area contributed by atoms with Crippen molar-refractivity contribution in [3.8, 4) is 6.07 Å². The number of thiophene rings is 1. The van der Waals surface area contributed by atoms with E-state index in [0.29, 0.717) is 35.6 Å². The molecule has 0 bridgehead atoms. The highest BCUT2D eigenvalue weighted by molar-refractivity contribution is 7.16. The van der Waals surface area contributed by atoms with Gasteiger partial charge in [-0.1, -0.05) is 18.1 Å². The Morgan fingerprint density at radius 3 is 3.00 bits per heavy atom. The summed E-state index contributed by atoms with van der Waals surface area (Å²) in [6.07, 6.45) is 5.48. The Kier molecular flexibility index (Phi) is 7.77. The van der Waals surface area contributed by atoms with E-state index in [1.165, 1.54) is 11.3 Å². The molecule has 3 aromatic rings. The number of fused-ring (bicyclic) bond motifs is 1. The Labute approximate surface area is 207 Å². The molecule has 1 aliphatic rings. The second-order valence-corrected chi connectivity index (χ2v) is 9.86. The number of aromatic nitrogens is 2. The predicted octanol–water partition coefficient (Wildman–Crippen LogP) is 4.47. The first-order chi connectivity index (χ1) is 16.9. The average Bonchev–Trinajstić information content (AvgIpc) is 3.43. The highest BCUT2D eigenvalue weighted by Crippen LogP contribution is 2.39. The molecule has 182 valence electrons. The summed E-state index contributed by atoms with van der Waals surface area (Å²) in [5.74, 6) is 0.605. The van der Waals surface area contributed by atoms with Gasteiger partial charge in [-0.25, -0.2) is 4.79 Å². The van der Waals surface area contributed by atoms with Crippen LogP contribution in [0.2, 0.25) is 0 Å². The fourth-order valence-electron chi connectivity index (χ4n) is 4.15. The largest absolute Gasteiger partial charge is 0.449 e. The molecule has 2 unspecified atom stereocenters. The second kappa shape index (κ2) is 11.1. The van der Waals surface area contributed by atoms with Crippen LogP contribution in [0.1, 0.15) is 58.7 Å². The first-order valence-corrected chi connectivity index (χ1v) is 12.3. The Morgan fingerprint density at radius 1 is 1.43 bits per heavy atom. The number of nitrogens with zero attached hydrogens (tertiary/aromatic N) is 3. The van der Waals surface area contributed by atoms with Crippen LogP contribution in [-0.2, 0) is 28.9 Å². The zero-order valence-electron chi connectivity index (χ0n) is 19.7. The molecule has 3 heterocycles. The topological polar surface area (TPSA) is 130 Å². The number of amides is 2. The van der Waals surface area contributed by atoms with Crippen molar-refractivity contribution in [3.63, 3.8) is 0 Å². The number of aryl methyl sites for hydroxylation is 1. The molecule has 2 amide bonds. The maximum Gasteiger partial charge on any atom is 0.407 e. The minimum absolute atomic E-state index is 0.0181. The molecule has 9 nitrogen and oxygen atoms in total. The molecule has 0 saturated carbocycles. The first-order valence-electron chi connectivity index (χ1n) is 11.5. The van der Waals surface area contributed by atoms with E-state index in [4.69, 9.17) is 9.26 Å². The van der Waals surface area contributed by atoms with Crippen LogP contribution in [0.15, 0.2) is 35.1 Å². The van der Waals surface area contributed by atoms with Gasteiger partial charge in [0.2, 0.25) is 5.91 Å². The van der Waals surface area contributed by atoms with Gasteiger partial charge in [-0.3, -0.25) is 9.78 Å². The zero-order chi connectivity index (χ0) is 24.8. The summed E-state index contributed by atoms with van der Waals surface area (Å²) in [5.41, 5.74) is 3.29. The Bertz CT molecular complexity index is 1230. The van der Waals surface area contributed by atoms with Crippen molar-refractivity contribution in [3.05, 3.63) is 63.6 Å². The van der Waals surface area contributed by atoms with E-state index in [1.54, 1.807) is 18.5 Å². The maximum atomic E-state index is 12.7. The summed E-state index contributed by atoms with van der Waals surface area (Å²) in [7, 11) is 0. The maximum absolute atomic E-state index is 12.7. The van der Waals surface area contributed by atoms with Crippen molar-refractivity contribution in [1.29, 1.82) is 5.26 Å². The van der Waals surface area contributed by atoms with Crippen LogP contribution in [-0.4, -0.2) is 28.7 Å². The van der Waals surface area contributed by atoms with Crippen LogP contribution in [0.3, 0.4) is 0 Å². The van der Waals surface area contributed by atoms with E-state index < -0.39 is 6.09 Å². The molecule has 35 heavy (non-hydrogen) atoms. The molecule has 1 aliphatic carbocycles. The number of nitriles is 1. The van der Waals surface area contributed by atoms with Crippen LogP contribution in [0.4, 0.5) is 9.80 Å². The van der Waals surface area contributed by atoms with Crippen LogP contribution >= 0.6 is 11.3 Å². The van der Waals surface area contributed by atoms with Gasteiger partial charge in [0.25, 0.3) is 0 Å². The van der Waals surface area contributed by atoms with E-state index >= 15 is 0 Å². The van der Waals surface area contributed by atoms with Gasteiger partial charge in [0.15, 0.2) is 5.76 Å². The molecule has 10 heteroatoms. The number of ether oxygens (including phenoxy) is 1. The quantitative estimate of drug-likeness (QED) is 0.473. The third-order valence-corrected chi connectivity index (χ3v) is 7.18.